The Morgan fingerprint density at radius 2 is 1.51 bits per heavy atom. The minimum atomic E-state index is -0.443. The van der Waals surface area contributed by atoms with E-state index in [1.54, 1.807) is 30.3 Å². The summed E-state index contributed by atoms with van der Waals surface area (Å²) in [7, 11) is 0. The van der Waals surface area contributed by atoms with Crippen LogP contribution in [0.2, 0.25) is 0 Å². The van der Waals surface area contributed by atoms with Crippen molar-refractivity contribution >= 4 is 39.3 Å². The van der Waals surface area contributed by atoms with Crippen LogP contribution in [-0.4, -0.2) is 18.3 Å². The highest BCUT2D eigenvalue weighted by Gasteiger charge is 2.26. The Morgan fingerprint density at radius 1 is 0.829 bits per heavy atom. The number of hydrogen-bond donors (Lipinski definition) is 1. The lowest BCUT2D eigenvalue weighted by molar-refractivity contribution is 0.0997. The lowest BCUT2D eigenvalue weighted by Crippen LogP contribution is -2.14. The van der Waals surface area contributed by atoms with E-state index in [1.807, 2.05) is 58.0 Å². The number of ketones is 1. The van der Waals surface area contributed by atoms with Gasteiger partial charge in [0.15, 0.2) is 11.5 Å². The zero-order valence-electron chi connectivity index (χ0n) is 20.0. The highest BCUT2D eigenvalue weighted by molar-refractivity contribution is 6.19. The van der Waals surface area contributed by atoms with Crippen LogP contribution < -0.4 is 10.1 Å². The Balaban J connectivity index is 1.55. The van der Waals surface area contributed by atoms with Gasteiger partial charge in [0.05, 0.1) is 12.3 Å². The number of aryl methyl sites for hydroxylation is 3. The first-order valence-corrected chi connectivity index (χ1v) is 11.5. The van der Waals surface area contributed by atoms with Crippen LogP contribution in [-0.2, 0) is 0 Å². The molecule has 0 unspecified atom stereocenters. The van der Waals surface area contributed by atoms with Crippen LogP contribution in [0.25, 0.3) is 21.9 Å². The first kappa shape index (κ1) is 22.5. The van der Waals surface area contributed by atoms with Gasteiger partial charge >= 0.3 is 0 Å². The zero-order valence-corrected chi connectivity index (χ0v) is 20.0. The first-order valence-electron chi connectivity index (χ1n) is 11.5. The highest BCUT2D eigenvalue weighted by atomic mass is 16.5. The summed E-state index contributed by atoms with van der Waals surface area (Å²) in [5.41, 5.74) is 4.85. The number of furan rings is 2. The largest absolute Gasteiger partial charge is 0.494 e. The van der Waals surface area contributed by atoms with Crippen molar-refractivity contribution in [3.8, 4) is 5.75 Å². The minimum absolute atomic E-state index is 0.0594. The number of rotatable bonds is 6. The SMILES string of the molecule is CCOc1ccc(C(=O)c2oc3ccccc3c2NC(=O)c2oc3cc(C)c(C)cc3c2C)cc1. The molecule has 5 aromatic rings. The molecule has 176 valence electrons. The molecule has 0 saturated heterocycles. The fourth-order valence-corrected chi connectivity index (χ4v) is 4.19. The summed E-state index contributed by atoms with van der Waals surface area (Å²) >= 11 is 0. The Hall–Kier alpha value is -4.32. The third kappa shape index (κ3) is 3.97. The second kappa shape index (κ2) is 8.80. The van der Waals surface area contributed by atoms with E-state index in [-0.39, 0.29) is 17.3 Å². The van der Waals surface area contributed by atoms with Gasteiger partial charge in [0.2, 0.25) is 5.78 Å². The van der Waals surface area contributed by atoms with Gasteiger partial charge in [-0.1, -0.05) is 12.1 Å². The maximum absolute atomic E-state index is 13.4. The Labute approximate surface area is 202 Å². The molecule has 0 aliphatic carbocycles. The zero-order chi connectivity index (χ0) is 24.7. The molecule has 6 nitrogen and oxygen atoms in total. The molecule has 0 bridgehead atoms. The van der Waals surface area contributed by atoms with Crippen molar-refractivity contribution in [1.82, 2.24) is 0 Å². The molecule has 2 aromatic heterocycles. The second-order valence-electron chi connectivity index (χ2n) is 8.53. The van der Waals surface area contributed by atoms with E-state index in [9.17, 15) is 9.59 Å². The molecule has 0 radical (unpaired) electrons. The molecule has 1 N–H and O–H groups in total. The van der Waals surface area contributed by atoms with Crippen molar-refractivity contribution in [2.75, 3.05) is 11.9 Å². The van der Waals surface area contributed by atoms with E-state index in [4.69, 9.17) is 13.6 Å². The fraction of sp³-hybridized carbons (Fsp3) is 0.172. The van der Waals surface area contributed by atoms with Gasteiger partial charge in [0.25, 0.3) is 5.91 Å². The average Bonchev–Trinajstić information content (AvgIpc) is 3.37. The van der Waals surface area contributed by atoms with Crippen LogP contribution >= 0.6 is 0 Å². The molecule has 0 fully saturated rings. The van der Waals surface area contributed by atoms with Crippen LogP contribution in [0.15, 0.2) is 69.5 Å². The number of amides is 1. The molecule has 2 heterocycles. The number of fused-ring (bicyclic) bond motifs is 2. The summed E-state index contributed by atoms with van der Waals surface area (Å²) in [6, 6.07) is 18.0. The second-order valence-corrected chi connectivity index (χ2v) is 8.53. The number of para-hydroxylation sites is 1. The Kier molecular flexibility index (Phi) is 5.65. The van der Waals surface area contributed by atoms with Crippen molar-refractivity contribution in [3.63, 3.8) is 0 Å². The van der Waals surface area contributed by atoms with Crippen molar-refractivity contribution < 1.29 is 23.2 Å². The fourth-order valence-electron chi connectivity index (χ4n) is 4.19. The topological polar surface area (TPSA) is 81.7 Å². The molecule has 1 amide bonds. The lowest BCUT2D eigenvalue weighted by Gasteiger charge is -2.06. The lowest BCUT2D eigenvalue weighted by atomic mass is 10.0. The summed E-state index contributed by atoms with van der Waals surface area (Å²) in [6.45, 7) is 8.32. The van der Waals surface area contributed by atoms with E-state index in [2.05, 4.69) is 5.32 Å². The van der Waals surface area contributed by atoms with Crippen LogP contribution in [0.5, 0.6) is 5.75 Å². The van der Waals surface area contributed by atoms with Gasteiger partial charge in [-0.25, -0.2) is 0 Å². The quantitative estimate of drug-likeness (QED) is 0.272. The molecular formula is C29H25NO5. The molecule has 6 heteroatoms. The van der Waals surface area contributed by atoms with Gasteiger partial charge in [-0.15, -0.1) is 0 Å². The molecule has 0 atom stereocenters. The standard InChI is InChI=1S/C29H25NO5/c1-5-33-20-12-10-19(11-13-20)26(31)28-25(21-8-6-7-9-23(21)34-28)30-29(32)27-18(4)22-14-16(2)17(3)15-24(22)35-27/h6-15H,5H2,1-4H3,(H,30,32). The summed E-state index contributed by atoms with van der Waals surface area (Å²) < 4.78 is 17.3. The number of nitrogens with one attached hydrogen (secondary N) is 1. The van der Waals surface area contributed by atoms with Crippen LogP contribution in [0.3, 0.4) is 0 Å². The molecule has 5 rings (SSSR count). The van der Waals surface area contributed by atoms with Gasteiger partial charge in [-0.2, -0.15) is 0 Å². The molecule has 0 spiro atoms. The number of ether oxygens (including phenoxy) is 1. The Bertz CT molecular complexity index is 1590. The predicted octanol–water partition coefficient (Wildman–Crippen LogP) is 6.99. The molecule has 0 saturated carbocycles. The number of benzene rings is 3. The summed E-state index contributed by atoms with van der Waals surface area (Å²) in [5, 5.41) is 4.42. The van der Waals surface area contributed by atoms with Gasteiger partial charge in [0, 0.05) is 21.9 Å². The first-order chi connectivity index (χ1) is 16.9. The monoisotopic (exact) mass is 467 g/mol. The van der Waals surface area contributed by atoms with Gasteiger partial charge < -0.3 is 18.9 Å². The van der Waals surface area contributed by atoms with E-state index in [0.717, 1.165) is 22.1 Å². The molecule has 35 heavy (non-hydrogen) atoms. The number of anilines is 1. The van der Waals surface area contributed by atoms with Crippen molar-refractivity contribution in [2.45, 2.75) is 27.7 Å². The highest BCUT2D eigenvalue weighted by Crippen LogP contribution is 2.34. The van der Waals surface area contributed by atoms with Crippen molar-refractivity contribution in [3.05, 3.63) is 94.4 Å². The molecule has 0 aliphatic rings. The number of carbonyl (C=O) groups excluding carboxylic acids is 2. The van der Waals surface area contributed by atoms with Gasteiger partial charge in [-0.3, -0.25) is 9.59 Å². The van der Waals surface area contributed by atoms with E-state index in [1.165, 1.54) is 0 Å². The molecule has 3 aromatic carbocycles. The third-order valence-corrected chi connectivity index (χ3v) is 6.23. The average molecular weight is 468 g/mol. The maximum Gasteiger partial charge on any atom is 0.291 e. The summed E-state index contributed by atoms with van der Waals surface area (Å²) in [5.74, 6) is 0.153. The number of carbonyl (C=O) groups is 2. The number of hydrogen-bond acceptors (Lipinski definition) is 5. The van der Waals surface area contributed by atoms with E-state index < -0.39 is 5.91 Å². The Morgan fingerprint density at radius 3 is 2.26 bits per heavy atom. The van der Waals surface area contributed by atoms with Crippen LogP contribution in [0, 0.1) is 20.8 Å². The van der Waals surface area contributed by atoms with E-state index >= 15 is 0 Å². The third-order valence-electron chi connectivity index (χ3n) is 6.23. The summed E-state index contributed by atoms with van der Waals surface area (Å²) in [6.07, 6.45) is 0. The van der Waals surface area contributed by atoms with Crippen LogP contribution in [0.1, 0.15) is 50.3 Å². The van der Waals surface area contributed by atoms with Gasteiger partial charge in [-0.05, 0) is 87.4 Å². The van der Waals surface area contributed by atoms with Crippen molar-refractivity contribution in [1.29, 1.82) is 0 Å². The summed E-state index contributed by atoms with van der Waals surface area (Å²) in [4.78, 5) is 26.8. The predicted molar refractivity (Wildman–Crippen MR) is 136 cm³/mol. The smallest absolute Gasteiger partial charge is 0.291 e. The van der Waals surface area contributed by atoms with Crippen LogP contribution in [0.4, 0.5) is 5.69 Å². The maximum atomic E-state index is 13.4. The molecule has 0 aliphatic heterocycles. The normalized spacial score (nSPS) is 11.2. The van der Waals surface area contributed by atoms with E-state index in [0.29, 0.717) is 40.2 Å². The van der Waals surface area contributed by atoms with Crippen molar-refractivity contribution in [2.24, 2.45) is 0 Å². The molecular weight excluding hydrogens is 442 g/mol. The minimum Gasteiger partial charge on any atom is -0.494 e. The van der Waals surface area contributed by atoms with Gasteiger partial charge in [0.1, 0.15) is 16.9 Å².